The summed E-state index contributed by atoms with van der Waals surface area (Å²) in [5, 5.41) is 0. The molecule has 0 fully saturated rings. The van der Waals surface area contributed by atoms with Crippen LogP contribution in [0.4, 0.5) is 0 Å². The minimum absolute atomic E-state index is 0.876. The molecule has 3 heteroatoms. The molecule has 86 valence electrons. The summed E-state index contributed by atoms with van der Waals surface area (Å²) >= 11 is 2.31. The number of ether oxygens (including phenoxy) is 2. The molecule has 0 saturated carbocycles. The zero-order valence-electron chi connectivity index (χ0n) is 9.37. The van der Waals surface area contributed by atoms with Gasteiger partial charge in [0.2, 0.25) is 0 Å². The molecule has 3 rings (SSSR count). The topological polar surface area (TPSA) is 18.5 Å². The van der Waals surface area contributed by atoms with Crippen molar-refractivity contribution >= 4 is 22.6 Å². The lowest BCUT2D eigenvalue weighted by molar-refractivity contribution is 0.410. The maximum absolute atomic E-state index is 5.94. The van der Waals surface area contributed by atoms with Crippen LogP contribution in [-0.2, 0) is 6.42 Å². The first-order valence-electron chi connectivity index (χ1n) is 5.40. The second-order valence-corrected chi connectivity index (χ2v) is 5.14. The molecule has 2 aromatic rings. The summed E-state index contributed by atoms with van der Waals surface area (Å²) in [6.45, 7) is 0. The van der Waals surface area contributed by atoms with E-state index in [1.54, 1.807) is 7.11 Å². The van der Waals surface area contributed by atoms with E-state index in [1.165, 1.54) is 11.1 Å². The lowest BCUT2D eigenvalue weighted by Gasteiger charge is -2.21. The van der Waals surface area contributed by atoms with Crippen LogP contribution in [0.5, 0.6) is 17.2 Å². The minimum Gasteiger partial charge on any atom is -0.497 e. The van der Waals surface area contributed by atoms with E-state index in [9.17, 15) is 0 Å². The van der Waals surface area contributed by atoms with Crippen LogP contribution in [0.15, 0.2) is 36.4 Å². The van der Waals surface area contributed by atoms with Crippen molar-refractivity contribution in [3.8, 4) is 17.2 Å². The van der Waals surface area contributed by atoms with Gasteiger partial charge in [0.25, 0.3) is 0 Å². The second-order valence-electron chi connectivity index (χ2n) is 3.98. The molecule has 1 aliphatic heterocycles. The molecule has 17 heavy (non-hydrogen) atoms. The number of halogens is 1. The molecule has 2 aromatic carbocycles. The number of methoxy groups -OCH3 is 1. The van der Waals surface area contributed by atoms with Crippen LogP contribution >= 0.6 is 22.6 Å². The standard InChI is InChI=1S/C14H11IO2/c1-16-11-5-6-13-10(8-11)7-9-3-2-4-12(15)14(9)17-13/h2-6,8H,7H2,1H3. The highest BCUT2D eigenvalue weighted by Gasteiger charge is 2.19. The monoisotopic (exact) mass is 338 g/mol. The number of hydrogen-bond donors (Lipinski definition) is 0. The summed E-state index contributed by atoms with van der Waals surface area (Å²) in [5.41, 5.74) is 2.41. The van der Waals surface area contributed by atoms with Crippen molar-refractivity contribution in [2.75, 3.05) is 7.11 Å². The first-order valence-corrected chi connectivity index (χ1v) is 6.48. The Morgan fingerprint density at radius 1 is 1.18 bits per heavy atom. The fraction of sp³-hybridized carbons (Fsp3) is 0.143. The smallest absolute Gasteiger partial charge is 0.144 e. The van der Waals surface area contributed by atoms with Crippen LogP contribution in [0.3, 0.4) is 0 Å². The molecule has 1 heterocycles. The van der Waals surface area contributed by atoms with E-state index in [0.29, 0.717) is 0 Å². The number of rotatable bonds is 1. The van der Waals surface area contributed by atoms with Gasteiger partial charge in [-0.3, -0.25) is 0 Å². The van der Waals surface area contributed by atoms with Gasteiger partial charge in [-0.1, -0.05) is 12.1 Å². The van der Waals surface area contributed by atoms with Crippen LogP contribution < -0.4 is 9.47 Å². The van der Waals surface area contributed by atoms with E-state index >= 15 is 0 Å². The summed E-state index contributed by atoms with van der Waals surface area (Å²) in [4.78, 5) is 0. The zero-order chi connectivity index (χ0) is 11.8. The number of fused-ring (bicyclic) bond motifs is 2. The van der Waals surface area contributed by atoms with E-state index in [4.69, 9.17) is 9.47 Å². The third-order valence-corrected chi connectivity index (χ3v) is 3.76. The molecule has 2 nitrogen and oxygen atoms in total. The Labute approximate surface area is 114 Å². The number of hydrogen-bond acceptors (Lipinski definition) is 2. The van der Waals surface area contributed by atoms with Crippen molar-refractivity contribution in [3.63, 3.8) is 0 Å². The highest BCUT2D eigenvalue weighted by atomic mass is 127. The van der Waals surface area contributed by atoms with Gasteiger partial charge >= 0.3 is 0 Å². The molecule has 0 unspecified atom stereocenters. The highest BCUT2D eigenvalue weighted by Crippen LogP contribution is 2.40. The van der Waals surface area contributed by atoms with E-state index < -0.39 is 0 Å². The normalized spacial score (nSPS) is 12.4. The Morgan fingerprint density at radius 3 is 2.88 bits per heavy atom. The van der Waals surface area contributed by atoms with Crippen LogP contribution in [0.1, 0.15) is 11.1 Å². The fourth-order valence-corrected chi connectivity index (χ4v) is 2.71. The van der Waals surface area contributed by atoms with Crippen molar-refractivity contribution in [1.29, 1.82) is 0 Å². The molecule has 0 atom stereocenters. The predicted octanol–water partition coefficient (Wildman–Crippen LogP) is 4.00. The van der Waals surface area contributed by atoms with Crippen LogP contribution in [-0.4, -0.2) is 7.11 Å². The number of benzene rings is 2. The van der Waals surface area contributed by atoms with Crippen LogP contribution in [0.25, 0.3) is 0 Å². The van der Waals surface area contributed by atoms with Gasteiger partial charge in [0.1, 0.15) is 17.2 Å². The number of para-hydroxylation sites is 1. The van der Waals surface area contributed by atoms with Crippen molar-refractivity contribution in [2.24, 2.45) is 0 Å². The van der Waals surface area contributed by atoms with Gasteiger partial charge < -0.3 is 9.47 Å². The summed E-state index contributed by atoms with van der Waals surface area (Å²) < 4.78 is 12.3. The van der Waals surface area contributed by atoms with Crippen LogP contribution in [0, 0.1) is 3.57 Å². The Morgan fingerprint density at radius 2 is 2.06 bits per heavy atom. The van der Waals surface area contributed by atoms with Gasteiger partial charge in [0.15, 0.2) is 0 Å². The van der Waals surface area contributed by atoms with Crippen LogP contribution in [0.2, 0.25) is 0 Å². The molecule has 0 aliphatic carbocycles. The summed E-state index contributed by atoms with van der Waals surface area (Å²) in [5.74, 6) is 2.80. The van der Waals surface area contributed by atoms with E-state index in [1.807, 2.05) is 18.2 Å². The van der Waals surface area contributed by atoms with Gasteiger partial charge in [-0.2, -0.15) is 0 Å². The van der Waals surface area contributed by atoms with Crippen molar-refractivity contribution in [2.45, 2.75) is 6.42 Å². The quantitative estimate of drug-likeness (QED) is 0.625. The first-order chi connectivity index (χ1) is 8.28. The SMILES string of the molecule is COc1ccc2c(c1)Cc1cccc(I)c1O2. The molecule has 0 bridgehead atoms. The summed E-state index contributed by atoms with van der Waals surface area (Å²) in [6, 6.07) is 12.2. The van der Waals surface area contributed by atoms with E-state index in [0.717, 1.165) is 27.2 Å². The fourth-order valence-electron chi connectivity index (χ4n) is 2.04. The maximum Gasteiger partial charge on any atom is 0.144 e. The molecule has 0 N–H and O–H groups in total. The molecule has 0 saturated heterocycles. The van der Waals surface area contributed by atoms with E-state index in [-0.39, 0.29) is 0 Å². The molecular formula is C14H11IO2. The molecule has 0 aromatic heterocycles. The Balaban J connectivity index is 2.08. The predicted molar refractivity (Wildman–Crippen MR) is 75.0 cm³/mol. The lowest BCUT2D eigenvalue weighted by Crippen LogP contribution is -2.04. The van der Waals surface area contributed by atoms with E-state index in [2.05, 4.69) is 40.8 Å². The highest BCUT2D eigenvalue weighted by molar-refractivity contribution is 14.1. The molecule has 0 spiro atoms. The Kier molecular flexibility index (Phi) is 2.70. The third kappa shape index (κ3) is 1.88. The first kappa shape index (κ1) is 10.9. The zero-order valence-corrected chi connectivity index (χ0v) is 11.5. The maximum atomic E-state index is 5.94. The average molecular weight is 338 g/mol. The molecule has 1 aliphatic rings. The molecule has 0 amide bonds. The van der Waals surface area contributed by atoms with Gasteiger partial charge in [0.05, 0.1) is 10.7 Å². The van der Waals surface area contributed by atoms with Crippen molar-refractivity contribution < 1.29 is 9.47 Å². The second kappa shape index (κ2) is 4.22. The van der Waals surface area contributed by atoms with Gasteiger partial charge in [-0.05, 0) is 46.9 Å². The largest absolute Gasteiger partial charge is 0.497 e. The molecule has 0 radical (unpaired) electrons. The lowest BCUT2D eigenvalue weighted by atomic mass is 10.0. The van der Waals surface area contributed by atoms with Gasteiger partial charge in [0, 0.05) is 17.5 Å². The average Bonchev–Trinajstić information content (AvgIpc) is 2.36. The van der Waals surface area contributed by atoms with Gasteiger partial charge in [-0.25, -0.2) is 0 Å². The molecular weight excluding hydrogens is 327 g/mol. The van der Waals surface area contributed by atoms with Crippen molar-refractivity contribution in [3.05, 3.63) is 51.1 Å². The Bertz CT molecular complexity index is 578. The minimum atomic E-state index is 0.876. The summed E-state index contributed by atoms with van der Waals surface area (Å²) in [7, 11) is 1.68. The Hall–Kier alpha value is -1.23. The van der Waals surface area contributed by atoms with Crippen molar-refractivity contribution in [1.82, 2.24) is 0 Å². The summed E-state index contributed by atoms with van der Waals surface area (Å²) in [6.07, 6.45) is 0.901. The van der Waals surface area contributed by atoms with Gasteiger partial charge in [-0.15, -0.1) is 0 Å². The third-order valence-electron chi connectivity index (χ3n) is 2.91.